The smallest absolute Gasteiger partial charge is 0.254 e. The van der Waals surface area contributed by atoms with Crippen molar-refractivity contribution in [3.8, 4) is 22.8 Å². The number of hydrogen-bond acceptors (Lipinski definition) is 6. The molecule has 0 radical (unpaired) electrons. The second-order valence-electron chi connectivity index (χ2n) is 9.35. The fourth-order valence-corrected chi connectivity index (χ4v) is 4.52. The number of carbonyl (C=O) groups excluding carboxylic acids is 1. The molecule has 8 heteroatoms. The Hall–Kier alpha value is -3.75. The monoisotopic (exact) mass is 469 g/mol. The van der Waals surface area contributed by atoms with E-state index in [9.17, 15) is 9.90 Å². The van der Waals surface area contributed by atoms with E-state index in [1.165, 1.54) is 0 Å². The van der Waals surface area contributed by atoms with Crippen LogP contribution in [0.2, 0.25) is 0 Å². The second-order valence-corrected chi connectivity index (χ2v) is 9.35. The molecule has 1 amide bonds. The van der Waals surface area contributed by atoms with Gasteiger partial charge < -0.3 is 14.7 Å². The van der Waals surface area contributed by atoms with Crippen molar-refractivity contribution in [1.82, 2.24) is 25.0 Å². The summed E-state index contributed by atoms with van der Waals surface area (Å²) >= 11 is 0. The number of rotatable bonds is 6. The predicted molar refractivity (Wildman–Crippen MR) is 132 cm³/mol. The number of ether oxygens (including phenoxy) is 1. The van der Waals surface area contributed by atoms with Gasteiger partial charge in [-0.15, -0.1) is 0 Å². The van der Waals surface area contributed by atoms with Gasteiger partial charge in [0.25, 0.3) is 5.91 Å². The van der Waals surface area contributed by atoms with Crippen molar-refractivity contribution in [3.63, 3.8) is 0 Å². The van der Waals surface area contributed by atoms with Crippen LogP contribution < -0.4 is 4.74 Å². The minimum absolute atomic E-state index is 0.104. The molecule has 178 valence electrons. The van der Waals surface area contributed by atoms with Crippen molar-refractivity contribution in [2.24, 2.45) is 0 Å². The molecule has 2 aromatic carbocycles. The zero-order valence-electron chi connectivity index (χ0n) is 19.4. The summed E-state index contributed by atoms with van der Waals surface area (Å²) in [6.07, 6.45) is 2.93. The van der Waals surface area contributed by atoms with Gasteiger partial charge in [0.05, 0.1) is 16.9 Å². The molecule has 6 rings (SSSR count). The molecule has 2 fully saturated rings. The van der Waals surface area contributed by atoms with Crippen LogP contribution in [-0.4, -0.2) is 67.8 Å². The van der Waals surface area contributed by atoms with E-state index in [1.807, 2.05) is 48.5 Å². The number of carbonyl (C=O) groups is 1. The van der Waals surface area contributed by atoms with Crippen molar-refractivity contribution < 1.29 is 14.6 Å². The maximum absolute atomic E-state index is 12.3. The lowest BCUT2D eigenvalue weighted by Gasteiger charge is -2.35. The fourth-order valence-electron chi connectivity index (χ4n) is 4.52. The van der Waals surface area contributed by atoms with Crippen LogP contribution >= 0.6 is 0 Å². The number of aromatic amines is 1. The molecule has 2 N–H and O–H groups in total. The summed E-state index contributed by atoms with van der Waals surface area (Å²) < 4.78 is 6.06. The Kier molecular flexibility index (Phi) is 5.47. The Balaban J connectivity index is 1.08. The molecule has 1 aliphatic carbocycles. The van der Waals surface area contributed by atoms with Crippen LogP contribution in [0.4, 0.5) is 0 Å². The van der Waals surface area contributed by atoms with Gasteiger partial charge in [0.1, 0.15) is 17.1 Å². The van der Waals surface area contributed by atoms with E-state index in [1.54, 1.807) is 11.1 Å². The maximum atomic E-state index is 12.3. The van der Waals surface area contributed by atoms with Crippen LogP contribution in [0.5, 0.6) is 11.5 Å². The number of pyridine rings is 1. The molecule has 2 aromatic heterocycles. The van der Waals surface area contributed by atoms with Crippen molar-refractivity contribution in [3.05, 3.63) is 72.6 Å². The van der Waals surface area contributed by atoms with E-state index in [0.29, 0.717) is 25.9 Å². The number of piperazine rings is 1. The quantitative estimate of drug-likeness (QED) is 0.448. The van der Waals surface area contributed by atoms with Crippen LogP contribution in [-0.2, 0) is 11.3 Å². The van der Waals surface area contributed by atoms with E-state index in [0.717, 1.165) is 59.0 Å². The summed E-state index contributed by atoms with van der Waals surface area (Å²) in [5.41, 5.74) is 2.87. The highest BCUT2D eigenvalue weighted by atomic mass is 16.5. The normalized spacial score (nSPS) is 17.5. The molecule has 0 unspecified atom stereocenters. The van der Waals surface area contributed by atoms with Gasteiger partial charge in [0.15, 0.2) is 0 Å². The van der Waals surface area contributed by atoms with Gasteiger partial charge in [-0.1, -0.05) is 6.07 Å². The molecule has 1 aliphatic heterocycles. The van der Waals surface area contributed by atoms with Crippen LogP contribution in [0.3, 0.4) is 0 Å². The highest BCUT2D eigenvalue weighted by Gasteiger charge is 2.50. The largest absolute Gasteiger partial charge is 0.457 e. The zero-order valence-corrected chi connectivity index (χ0v) is 19.4. The van der Waals surface area contributed by atoms with Crippen molar-refractivity contribution >= 4 is 16.8 Å². The Bertz CT molecular complexity index is 1340. The third-order valence-corrected chi connectivity index (χ3v) is 6.79. The van der Waals surface area contributed by atoms with Crippen LogP contribution in [0, 0.1) is 0 Å². The molecule has 3 heterocycles. The molecule has 1 saturated heterocycles. The number of aliphatic hydroxyl groups is 1. The lowest BCUT2D eigenvalue weighted by molar-refractivity contribution is -0.144. The molecule has 4 aromatic rings. The summed E-state index contributed by atoms with van der Waals surface area (Å²) in [5.74, 6) is 1.43. The number of aromatic nitrogens is 3. The highest BCUT2D eigenvalue weighted by molar-refractivity contribution is 5.88. The van der Waals surface area contributed by atoms with E-state index in [-0.39, 0.29) is 5.91 Å². The molecule has 8 nitrogen and oxygen atoms in total. The Morgan fingerprint density at radius 2 is 1.74 bits per heavy atom. The van der Waals surface area contributed by atoms with Gasteiger partial charge in [-0.2, -0.15) is 5.10 Å². The predicted octanol–water partition coefficient (Wildman–Crippen LogP) is 3.59. The Morgan fingerprint density at radius 3 is 2.46 bits per heavy atom. The minimum atomic E-state index is -1.08. The molecular weight excluding hydrogens is 442 g/mol. The second kappa shape index (κ2) is 8.79. The summed E-state index contributed by atoms with van der Waals surface area (Å²) in [6, 6.07) is 19.9. The van der Waals surface area contributed by atoms with Crippen molar-refractivity contribution in [2.75, 3.05) is 26.2 Å². The summed E-state index contributed by atoms with van der Waals surface area (Å²) in [4.78, 5) is 21.3. The third-order valence-electron chi connectivity index (χ3n) is 6.79. The first-order valence-electron chi connectivity index (χ1n) is 12.0. The molecule has 0 spiro atoms. The van der Waals surface area contributed by atoms with Gasteiger partial charge in [-0.25, -0.2) is 0 Å². The minimum Gasteiger partial charge on any atom is -0.457 e. The highest BCUT2D eigenvalue weighted by Crippen LogP contribution is 2.37. The lowest BCUT2D eigenvalue weighted by atomic mass is 10.1. The Labute approximate surface area is 203 Å². The standard InChI is InChI=1S/C27H27N5O3/c33-26(27(34)10-11-27)32-15-13-31(14-16-32)18-21-4-1-20-17-23(7-8-24(20)29-21)35-22-5-2-19(3-6-22)25-9-12-28-30-25/h1-9,12,17,34H,10-11,13-16,18H2,(H,28,30). The molecule has 2 aliphatic rings. The van der Waals surface area contributed by atoms with Crippen LogP contribution in [0.1, 0.15) is 18.5 Å². The first-order valence-corrected chi connectivity index (χ1v) is 12.0. The van der Waals surface area contributed by atoms with Crippen LogP contribution in [0.25, 0.3) is 22.2 Å². The number of amides is 1. The first kappa shape index (κ1) is 21.8. The van der Waals surface area contributed by atoms with Gasteiger partial charge in [0.2, 0.25) is 0 Å². The van der Waals surface area contributed by atoms with E-state index >= 15 is 0 Å². The number of fused-ring (bicyclic) bond motifs is 1. The first-order chi connectivity index (χ1) is 17.1. The average Bonchev–Trinajstić information content (AvgIpc) is 3.40. The summed E-state index contributed by atoms with van der Waals surface area (Å²) in [5, 5.41) is 18.0. The van der Waals surface area contributed by atoms with Gasteiger partial charge >= 0.3 is 0 Å². The topological polar surface area (TPSA) is 94.6 Å². The molecule has 0 bridgehead atoms. The van der Waals surface area contributed by atoms with Gasteiger partial charge in [-0.05, 0) is 73.0 Å². The van der Waals surface area contributed by atoms with E-state index in [2.05, 4.69) is 27.2 Å². The number of nitrogens with one attached hydrogen (secondary N) is 1. The van der Waals surface area contributed by atoms with Crippen molar-refractivity contribution in [1.29, 1.82) is 0 Å². The SMILES string of the molecule is O=C(N1CCN(Cc2ccc3cc(Oc4ccc(-c5ccn[nH]5)cc4)ccc3n2)CC1)C1(O)CC1. The number of nitrogens with zero attached hydrogens (tertiary/aromatic N) is 4. The molecular formula is C27H27N5O3. The third kappa shape index (κ3) is 4.62. The Morgan fingerprint density at radius 1 is 0.971 bits per heavy atom. The van der Waals surface area contributed by atoms with Gasteiger partial charge in [-0.3, -0.25) is 19.8 Å². The number of hydrogen-bond donors (Lipinski definition) is 2. The fraction of sp³-hybridized carbons (Fsp3) is 0.296. The van der Waals surface area contributed by atoms with E-state index in [4.69, 9.17) is 9.72 Å². The zero-order chi connectivity index (χ0) is 23.8. The average molecular weight is 470 g/mol. The van der Waals surface area contributed by atoms with Crippen LogP contribution in [0.15, 0.2) is 66.9 Å². The van der Waals surface area contributed by atoms with Gasteiger partial charge in [0, 0.05) is 44.3 Å². The maximum Gasteiger partial charge on any atom is 0.254 e. The summed E-state index contributed by atoms with van der Waals surface area (Å²) in [6.45, 7) is 3.61. The lowest BCUT2D eigenvalue weighted by Crippen LogP contribution is -2.51. The molecule has 0 atom stereocenters. The number of H-pyrrole nitrogens is 1. The summed E-state index contributed by atoms with van der Waals surface area (Å²) in [7, 11) is 0. The van der Waals surface area contributed by atoms with Crippen molar-refractivity contribution in [2.45, 2.75) is 25.0 Å². The number of benzene rings is 2. The molecule has 35 heavy (non-hydrogen) atoms. The molecule has 1 saturated carbocycles. The van der Waals surface area contributed by atoms with E-state index < -0.39 is 5.60 Å².